The number of fused-ring (bicyclic) bond motifs is 1. The van der Waals surface area contributed by atoms with Crippen LogP contribution in [-0.2, 0) is 4.74 Å². The Morgan fingerprint density at radius 1 is 0.972 bits per heavy atom. The molecule has 4 heterocycles. The lowest BCUT2D eigenvalue weighted by atomic mass is 10.0. The molecule has 1 unspecified atom stereocenters. The zero-order valence-corrected chi connectivity index (χ0v) is 20.6. The van der Waals surface area contributed by atoms with E-state index in [9.17, 15) is 0 Å². The van der Waals surface area contributed by atoms with Crippen molar-refractivity contribution in [2.75, 3.05) is 58.2 Å². The van der Waals surface area contributed by atoms with Gasteiger partial charge >= 0.3 is 0 Å². The average molecular weight is 501 g/mol. The summed E-state index contributed by atoms with van der Waals surface area (Å²) in [6.07, 6.45) is 4.33. The number of ether oxygens (including phenoxy) is 3. The molecular weight excluding hydrogens is 470 g/mol. The van der Waals surface area contributed by atoms with Gasteiger partial charge in [-0.25, -0.2) is 23.7 Å². The number of aromatic nitrogens is 3. The Morgan fingerprint density at radius 2 is 1.69 bits per heavy atom. The number of hydrogen-bond donors (Lipinski definition) is 2. The molecule has 36 heavy (non-hydrogen) atoms. The number of rotatable bonds is 7. The number of anilines is 2. The second kappa shape index (κ2) is 10.4. The highest BCUT2D eigenvalue weighted by Gasteiger charge is 2.25. The van der Waals surface area contributed by atoms with Crippen molar-refractivity contribution in [3.63, 3.8) is 0 Å². The van der Waals surface area contributed by atoms with Crippen LogP contribution in [0.1, 0.15) is 19.3 Å². The second-order valence-corrected chi connectivity index (χ2v) is 9.20. The van der Waals surface area contributed by atoms with Gasteiger partial charge in [0.15, 0.2) is 29.0 Å². The fraction of sp³-hybridized carbons (Fsp3) is 0.480. The summed E-state index contributed by atoms with van der Waals surface area (Å²) in [6.45, 7) is 3.17. The van der Waals surface area contributed by atoms with Gasteiger partial charge in [0.1, 0.15) is 5.52 Å². The lowest BCUT2D eigenvalue weighted by molar-refractivity contribution is 0.195. The lowest BCUT2D eigenvalue weighted by Crippen LogP contribution is -2.37. The summed E-state index contributed by atoms with van der Waals surface area (Å²) in [5, 5.41) is 7.39. The monoisotopic (exact) mass is 500 g/mol. The van der Waals surface area contributed by atoms with Crippen LogP contribution in [0.5, 0.6) is 11.5 Å². The first-order chi connectivity index (χ1) is 17.5. The zero-order chi connectivity index (χ0) is 25.2. The molecule has 11 heteroatoms. The quantitative estimate of drug-likeness (QED) is 0.504. The number of nitrogens with zero attached hydrogens (tertiary/aromatic N) is 4. The molecule has 0 amide bonds. The van der Waals surface area contributed by atoms with Gasteiger partial charge in [-0.05, 0) is 45.5 Å². The number of piperidine rings is 1. The molecule has 2 N–H and O–H groups in total. The van der Waals surface area contributed by atoms with Gasteiger partial charge in [0.05, 0.1) is 38.1 Å². The minimum absolute atomic E-state index is 0.0960. The summed E-state index contributed by atoms with van der Waals surface area (Å²) in [5.41, 5.74) is 0.341. The molecule has 1 atom stereocenters. The van der Waals surface area contributed by atoms with E-state index < -0.39 is 11.6 Å². The standard InChI is InChI=1S/C25H30F2N6O3/c1-33-7-4-15(5-8-33)29-24-23-14(12-28-25(32-23)30-16-6-9-36-13-16)10-17(31-24)20-21(26)18(34-2)11-19(35-3)22(20)27/h10-12,15-16H,4-9,13H2,1-3H3,(H,29,31)(H,28,30,32). The Hall–Kier alpha value is -3.31. The Bertz CT molecular complexity index is 1220. The van der Waals surface area contributed by atoms with E-state index in [1.807, 2.05) is 0 Å². The van der Waals surface area contributed by atoms with Gasteiger partial charge in [0.25, 0.3) is 0 Å². The van der Waals surface area contributed by atoms with Gasteiger partial charge in [0, 0.05) is 30.3 Å². The molecule has 9 nitrogen and oxygen atoms in total. The van der Waals surface area contributed by atoms with Gasteiger partial charge in [-0.2, -0.15) is 0 Å². The van der Waals surface area contributed by atoms with Crippen molar-refractivity contribution in [2.45, 2.75) is 31.3 Å². The molecule has 2 aliphatic rings. The second-order valence-electron chi connectivity index (χ2n) is 9.20. The van der Waals surface area contributed by atoms with Crippen LogP contribution in [0, 0.1) is 11.6 Å². The maximum absolute atomic E-state index is 15.3. The van der Waals surface area contributed by atoms with Gasteiger partial charge in [-0.1, -0.05) is 0 Å². The molecule has 0 saturated carbocycles. The number of nitrogens with one attached hydrogen (secondary N) is 2. The topological polar surface area (TPSA) is 93.7 Å². The molecule has 2 saturated heterocycles. The third-order valence-electron chi connectivity index (χ3n) is 6.72. The van der Waals surface area contributed by atoms with E-state index in [1.54, 1.807) is 12.3 Å². The molecule has 2 aliphatic heterocycles. The number of halogens is 2. The molecule has 2 aromatic heterocycles. The Balaban J connectivity index is 1.61. The zero-order valence-electron chi connectivity index (χ0n) is 20.6. The lowest BCUT2D eigenvalue weighted by Gasteiger charge is -2.30. The first kappa shape index (κ1) is 24.4. The highest BCUT2D eigenvalue weighted by Crippen LogP contribution is 2.38. The van der Waals surface area contributed by atoms with E-state index in [4.69, 9.17) is 19.2 Å². The third kappa shape index (κ3) is 4.85. The molecule has 0 bridgehead atoms. The Kier molecular flexibility index (Phi) is 7.01. The molecule has 0 spiro atoms. The minimum Gasteiger partial charge on any atom is -0.494 e. The Morgan fingerprint density at radius 3 is 2.33 bits per heavy atom. The van der Waals surface area contributed by atoms with Crippen LogP contribution in [0.15, 0.2) is 18.3 Å². The number of hydrogen-bond acceptors (Lipinski definition) is 9. The van der Waals surface area contributed by atoms with Crippen molar-refractivity contribution in [3.8, 4) is 22.8 Å². The van der Waals surface area contributed by atoms with Gasteiger partial charge in [-0.3, -0.25) is 0 Å². The van der Waals surface area contributed by atoms with Crippen molar-refractivity contribution in [3.05, 3.63) is 30.0 Å². The van der Waals surface area contributed by atoms with Gasteiger partial charge in [-0.15, -0.1) is 0 Å². The number of likely N-dealkylation sites (tertiary alicyclic amines) is 1. The van der Waals surface area contributed by atoms with Crippen LogP contribution in [-0.4, -0.2) is 79.5 Å². The van der Waals surface area contributed by atoms with Crippen molar-refractivity contribution >= 4 is 22.7 Å². The Labute approximate surface area is 208 Å². The summed E-state index contributed by atoms with van der Waals surface area (Å²) >= 11 is 0. The smallest absolute Gasteiger partial charge is 0.223 e. The van der Waals surface area contributed by atoms with Crippen molar-refractivity contribution in [2.24, 2.45) is 0 Å². The van der Waals surface area contributed by atoms with Crippen LogP contribution in [0.2, 0.25) is 0 Å². The van der Waals surface area contributed by atoms with Crippen molar-refractivity contribution in [1.82, 2.24) is 19.9 Å². The summed E-state index contributed by atoms with van der Waals surface area (Å²) in [4.78, 5) is 16.1. The molecule has 3 aromatic rings. The van der Waals surface area contributed by atoms with Crippen LogP contribution in [0.4, 0.5) is 20.5 Å². The van der Waals surface area contributed by atoms with E-state index in [2.05, 4.69) is 32.5 Å². The van der Waals surface area contributed by atoms with Gasteiger partial charge in [0.2, 0.25) is 5.95 Å². The number of methoxy groups -OCH3 is 2. The fourth-order valence-corrected chi connectivity index (χ4v) is 4.63. The largest absolute Gasteiger partial charge is 0.494 e. The third-order valence-corrected chi connectivity index (χ3v) is 6.72. The number of pyridine rings is 1. The SMILES string of the molecule is COc1cc(OC)c(F)c(-c2cc3cnc(NC4CCOC4)nc3c(NC3CCN(C)CC3)n2)c1F. The minimum atomic E-state index is -0.853. The summed E-state index contributed by atoms with van der Waals surface area (Å²) in [6, 6.07) is 3.04. The predicted octanol–water partition coefficient (Wildman–Crippen LogP) is 3.69. The van der Waals surface area contributed by atoms with Crippen LogP contribution >= 0.6 is 0 Å². The van der Waals surface area contributed by atoms with E-state index in [0.29, 0.717) is 35.9 Å². The molecule has 0 aliphatic carbocycles. The summed E-state index contributed by atoms with van der Waals surface area (Å²) < 4.78 is 46.3. The van der Waals surface area contributed by atoms with Crippen LogP contribution < -0.4 is 20.1 Å². The molecule has 1 aromatic carbocycles. The van der Waals surface area contributed by atoms with Crippen molar-refractivity contribution < 1.29 is 23.0 Å². The number of benzene rings is 1. The van der Waals surface area contributed by atoms with E-state index in [-0.39, 0.29) is 34.8 Å². The van der Waals surface area contributed by atoms with E-state index in [0.717, 1.165) is 32.4 Å². The van der Waals surface area contributed by atoms with E-state index in [1.165, 1.54) is 20.3 Å². The maximum Gasteiger partial charge on any atom is 0.223 e. The molecule has 2 fully saturated rings. The fourth-order valence-electron chi connectivity index (χ4n) is 4.63. The summed E-state index contributed by atoms with van der Waals surface area (Å²) in [5.74, 6) is -1.07. The first-order valence-electron chi connectivity index (χ1n) is 12.0. The van der Waals surface area contributed by atoms with Gasteiger partial charge < -0.3 is 29.7 Å². The molecular formula is C25H30F2N6O3. The normalized spacial score (nSPS) is 19.0. The highest BCUT2D eigenvalue weighted by atomic mass is 19.1. The van der Waals surface area contributed by atoms with Crippen LogP contribution in [0.25, 0.3) is 22.2 Å². The predicted molar refractivity (Wildman–Crippen MR) is 133 cm³/mol. The average Bonchev–Trinajstić information content (AvgIpc) is 3.39. The van der Waals surface area contributed by atoms with E-state index >= 15 is 8.78 Å². The molecule has 5 rings (SSSR count). The molecule has 0 radical (unpaired) electrons. The van der Waals surface area contributed by atoms with Crippen LogP contribution in [0.3, 0.4) is 0 Å². The highest BCUT2D eigenvalue weighted by molar-refractivity contribution is 5.92. The van der Waals surface area contributed by atoms with Crippen molar-refractivity contribution in [1.29, 1.82) is 0 Å². The maximum atomic E-state index is 15.3. The summed E-state index contributed by atoms with van der Waals surface area (Å²) in [7, 11) is 4.72. The first-order valence-corrected chi connectivity index (χ1v) is 12.0. The molecule has 192 valence electrons.